The van der Waals surface area contributed by atoms with E-state index < -0.39 is 11.6 Å². The molecule has 0 saturated carbocycles. The summed E-state index contributed by atoms with van der Waals surface area (Å²) >= 11 is 0. The Balaban J connectivity index is 0.00000162. The van der Waals surface area contributed by atoms with Crippen molar-refractivity contribution in [2.24, 2.45) is 0 Å². The number of carboxylic acids is 1. The summed E-state index contributed by atoms with van der Waals surface area (Å²) in [5, 5.41) is 19.7. The van der Waals surface area contributed by atoms with Gasteiger partial charge in [-0.05, 0) is 11.1 Å². The largest absolute Gasteiger partial charge is 0.479 e. The van der Waals surface area contributed by atoms with Gasteiger partial charge in [0.1, 0.15) is 0 Å². The third-order valence-electron chi connectivity index (χ3n) is 2.69. The maximum Gasteiger partial charge on any atom is 0.345 e. The Morgan fingerprint density at radius 2 is 1.16 bits per heavy atom. The van der Waals surface area contributed by atoms with Crippen LogP contribution in [-0.4, -0.2) is 54.2 Å². The zero-order chi connectivity index (χ0) is 12.3. The Labute approximate surface area is 136 Å². The van der Waals surface area contributed by atoms with Crippen LogP contribution in [0.2, 0.25) is 0 Å². The van der Waals surface area contributed by atoms with Crippen LogP contribution in [0.1, 0.15) is 11.1 Å². The van der Waals surface area contributed by atoms with E-state index >= 15 is 0 Å². The van der Waals surface area contributed by atoms with E-state index in [1.165, 1.54) is 0 Å². The molecule has 2 aromatic rings. The van der Waals surface area contributed by atoms with Gasteiger partial charge in [0, 0.05) is 38.0 Å². The minimum Gasteiger partial charge on any atom is -0.479 e. The number of rotatable bonds is 3. The Hall–Kier alpha value is -1.07. The molecule has 4 radical (unpaired) electrons. The molecule has 3 nitrogen and oxygen atoms in total. The van der Waals surface area contributed by atoms with Crippen molar-refractivity contribution in [3.63, 3.8) is 0 Å². The first kappa shape index (κ1) is 17.9. The molecule has 0 saturated heterocycles. The summed E-state index contributed by atoms with van der Waals surface area (Å²) < 4.78 is 0. The maximum absolute atomic E-state index is 11.4. The predicted molar refractivity (Wildman–Crippen MR) is 75.0 cm³/mol. The fourth-order valence-electron chi connectivity index (χ4n) is 1.77. The molecule has 0 bridgehead atoms. The van der Waals surface area contributed by atoms with E-state index in [4.69, 9.17) is 0 Å². The molecule has 2 aromatic carbocycles. The maximum atomic E-state index is 11.4. The summed E-state index contributed by atoms with van der Waals surface area (Å²) in [6.07, 6.45) is 0. The monoisotopic (exact) mass is 262 g/mol. The molecule has 0 heterocycles. The Kier molecular flexibility index (Phi) is 7.09. The SMILES string of the molecule is O=C(O)C(O)(c1ccccc1)c1ccccc1.[B].[Na]. The summed E-state index contributed by atoms with van der Waals surface area (Å²) in [7, 11) is 0. The average Bonchev–Trinajstić information content (AvgIpc) is 2.39. The molecule has 0 fully saturated rings. The van der Waals surface area contributed by atoms with Crippen LogP contribution in [0.3, 0.4) is 0 Å². The minimum absolute atomic E-state index is 0. The van der Waals surface area contributed by atoms with Crippen LogP contribution in [-0.2, 0) is 10.4 Å². The summed E-state index contributed by atoms with van der Waals surface area (Å²) in [6.45, 7) is 0. The second kappa shape index (κ2) is 7.51. The molecule has 0 aliphatic rings. The molecule has 19 heavy (non-hydrogen) atoms. The van der Waals surface area contributed by atoms with Gasteiger partial charge in [-0.15, -0.1) is 0 Å². The van der Waals surface area contributed by atoms with Crippen molar-refractivity contribution in [2.75, 3.05) is 0 Å². The fraction of sp³-hybridized carbons (Fsp3) is 0.0714. The molecule has 0 amide bonds. The van der Waals surface area contributed by atoms with Crippen LogP contribution in [0.15, 0.2) is 60.7 Å². The van der Waals surface area contributed by atoms with E-state index in [2.05, 4.69) is 0 Å². The molecular formula is C14H12BNaO3. The normalized spacial score (nSPS) is 9.95. The smallest absolute Gasteiger partial charge is 0.345 e. The van der Waals surface area contributed by atoms with Crippen molar-refractivity contribution in [1.29, 1.82) is 0 Å². The molecule has 2 N–H and O–H groups in total. The number of carboxylic acid groups (broad SMARTS) is 1. The molecule has 0 atom stereocenters. The zero-order valence-corrected chi connectivity index (χ0v) is 12.7. The van der Waals surface area contributed by atoms with Gasteiger partial charge in [-0.25, -0.2) is 4.79 Å². The number of benzene rings is 2. The van der Waals surface area contributed by atoms with Crippen LogP contribution >= 0.6 is 0 Å². The first-order valence-electron chi connectivity index (χ1n) is 5.22. The third-order valence-corrected chi connectivity index (χ3v) is 2.69. The van der Waals surface area contributed by atoms with Gasteiger partial charge in [0.25, 0.3) is 0 Å². The van der Waals surface area contributed by atoms with Gasteiger partial charge in [-0.3, -0.25) is 0 Å². The van der Waals surface area contributed by atoms with E-state index in [0.29, 0.717) is 11.1 Å². The fourth-order valence-corrected chi connectivity index (χ4v) is 1.77. The molecule has 0 aromatic heterocycles. The molecule has 0 aliphatic carbocycles. The number of aliphatic carboxylic acids is 1. The molecule has 5 heteroatoms. The Morgan fingerprint density at radius 1 is 0.842 bits per heavy atom. The van der Waals surface area contributed by atoms with Crippen LogP contribution in [0.25, 0.3) is 0 Å². The quantitative estimate of drug-likeness (QED) is 0.818. The van der Waals surface area contributed by atoms with E-state index in [1.807, 2.05) is 0 Å². The summed E-state index contributed by atoms with van der Waals surface area (Å²) in [5.74, 6) is -1.28. The first-order chi connectivity index (χ1) is 8.15. The molecule has 0 spiro atoms. The second-order valence-corrected chi connectivity index (χ2v) is 3.75. The average molecular weight is 262 g/mol. The van der Waals surface area contributed by atoms with Gasteiger partial charge in [-0.2, -0.15) is 0 Å². The topological polar surface area (TPSA) is 57.5 Å². The number of hydrogen-bond donors (Lipinski definition) is 2. The Morgan fingerprint density at radius 3 is 1.42 bits per heavy atom. The number of carbonyl (C=O) groups is 1. The molecule has 0 unspecified atom stereocenters. The van der Waals surface area contributed by atoms with Crippen molar-refractivity contribution in [2.45, 2.75) is 5.60 Å². The van der Waals surface area contributed by atoms with Crippen LogP contribution in [0, 0.1) is 0 Å². The van der Waals surface area contributed by atoms with Gasteiger partial charge >= 0.3 is 5.97 Å². The molecule has 90 valence electrons. The Bertz CT molecular complexity index is 477. The van der Waals surface area contributed by atoms with Crippen molar-refractivity contribution in [3.05, 3.63) is 71.8 Å². The van der Waals surface area contributed by atoms with Crippen molar-refractivity contribution in [1.82, 2.24) is 0 Å². The molecule has 2 rings (SSSR count). The predicted octanol–water partition coefficient (Wildman–Crippen LogP) is 1.25. The van der Waals surface area contributed by atoms with Gasteiger partial charge < -0.3 is 10.2 Å². The van der Waals surface area contributed by atoms with Crippen molar-refractivity contribution < 1.29 is 15.0 Å². The van der Waals surface area contributed by atoms with E-state index in [-0.39, 0.29) is 38.0 Å². The van der Waals surface area contributed by atoms with Gasteiger partial charge in [0.2, 0.25) is 5.60 Å². The van der Waals surface area contributed by atoms with E-state index in [9.17, 15) is 15.0 Å². The second-order valence-electron chi connectivity index (χ2n) is 3.75. The molecule has 0 aliphatic heterocycles. The summed E-state index contributed by atoms with van der Waals surface area (Å²) in [5.41, 5.74) is -1.31. The minimum atomic E-state index is -2.00. The van der Waals surface area contributed by atoms with Crippen molar-refractivity contribution in [3.8, 4) is 0 Å². The van der Waals surface area contributed by atoms with Gasteiger partial charge in [0.15, 0.2) is 0 Å². The van der Waals surface area contributed by atoms with E-state index in [1.54, 1.807) is 60.7 Å². The zero-order valence-electron chi connectivity index (χ0n) is 10.7. The van der Waals surface area contributed by atoms with Gasteiger partial charge in [-0.1, -0.05) is 60.7 Å². The van der Waals surface area contributed by atoms with Crippen LogP contribution in [0.5, 0.6) is 0 Å². The number of aliphatic hydroxyl groups is 1. The third kappa shape index (κ3) is 3.48. The summed E-state index contributed by atoms with van der Waals surface area (Å²) in [6, 6.07) is 16.7. The first-order valence-corrected chi connectivity index (χ1v) is 5.22. The molecular weight excluding hydrogens is 250 g/mol. The van der Waals surface area contributed by atoms with Crippen molar-refractivity contribution >= 4 is 43.9 Å². The van der Waals surface area contributed by atoms with Crippen LogP contribution < -0.4 is 0 Å². The number of hydrogen-bond acceptors (Lipinski definition) is 2. The standard InChI is InChI=1S/C14H12O3.B.Na/c15-13(16)14(17,11-7-3-1-4-8-11)12-9-5-2-6-10-12;;/h1-10,17H,(H,15,16);;. The van der Waals surface area contributed by atoms with Crippen LogP contribution in [0.4, 0.5) is 0 Å². The summed E-state index contributed by atoms with van der Waals surface area (Å²) in [4.78, 5) is 11.4. The van der Waals surface area contributed by atoms with Gasteiger partial charge in [0.05, 0.1) is 0 Å². The van der Waals surface area contributed by atoms with E-state index in [0.717, 1.165) is 0 Å².